The van der Waals surface area contributed by atoms with Crippen LogP contribution in [0.15, 0.2) is 24.3 Å². The predicted octanol–water partition coefficient (Wildman–Crippen LogP) is 3.89. The lowest BCUT2D eigenvalue weighted by Crippen LogP contribution is -2.41. The molecule has 2 aliphatic rings. The van der Waals surface area contributed by atoms with Crippen molar-refractivity contribution in [2.75, 3.05) is 13.1 Å². The molecule has 1 atom stereocenters. The van der Waals surface area contributed by atoms with Gasteiger partial charge in [0.2, 0.25) is 11.8 Å². The third kappa shape index (κ3) is 4.50. The number of hydrogen-bond donors (Lipinski definition) is 1. The molecule has 1 N–H and O–H groups in total. The van der Waals surface area contributed by atoms with Crippen molar-refractivity contribution >= 4 is 11.8 Å². The first kappa shape index (κ1) is 20.7. The van der Waals surface area contributed by atoms with Gasteiger partial charge in [0.25, 0.3) is 0 Å². The average Bonchev–Trinajstić information content (AvgIpc) is 3.28. The molecule has 2 amide bonds. The van der Waals surface area contributed by atoms with Crippen molar-refractivity contribution in [3.05, 3.63) is 35.4 Å². The fraction of sp³-hybridized carbons (Fsp3) is 0.619. The minimum atomic E-state index is -4.40. The Labute approximate surface area is 163 Å². The molecule has 1 aromatic rings. The minimum absolute atomic E-state index is 0.0317. The number of amides is 2. The van der Waals surface area contributed by atoms with Gasteiger partial charge in [-0.05, 0) is 24.5 Å². The maximum atomic E-state index is 13.0. The summed E-state index contributed by atoms with van der Waals surface area (Å²) in [5, 5.41) is 2.85. The zero-order chi connectivity index (χ0) is 20.5. The Morgan fingerprint density at radius 1 is 1.18 bits per heavy atom. The number of nitrogens with one attached hydrogen (secondary N) is 1. The normalized spacial score (nSPS) is 21.4. The molecule has 0 aromatic heterocycles. The summed E-state index contributed by atoms with van der Waals surface area (Å²) in [7, 11) is 0. The molecule has 7 heteroatoms. The number of carbonyl (C=O) groups excluding carboxylic acids is 2. The molecular weight excluding hydrogens is 369 g/mol. The number of likely N-dealkylation sites (tertiary alicyclic amines) is 1. The Morgan fingerprint density at radius 3 is 2.46 bits per heavy atom. The fourth-order valence-electron chi connectivity index (χ4n) is 4.15. The Balaban J connectivity index is 1.60. The lowest BCUT2D eigenvalue weighted by Gasteiger charge is -2.27. The number of benzene rings is 1. The number of rotatable bonds is 5. The van der Waals surface area contributed by atoms with Crippen molar-refractivity contribution in [1.82, 2.24) is 10.2 Å². The van der Waals surface area contributed by atoms with E-state index in [1.807, 2.05) is 4.90 Å². The molecule has 1 saturated heterocycles. The Hall–Kier alpha value is -2.05. The Morgan fingerprint density at radius 2 is 1.82 bits per heavy atom. The molecule has 2 fully saturated rings. The molecule has 154 valence electrons. The molecule has 3 rings (SSSR count). The van der Waals surface area contributed by atoms with Gasteiger partial charge in [0, 0.05) is 31.0 Å². The van der Waals surface area contributed by atoms with Crippen molar-refractivity contribution < 1.29 is 22.8 Å². The monoisotopic (exact) mass is 396 g/mol. The SMILES string of the molecule is CC(C)(CNC(=O)C1CC(=O)N(C2CCCC2)C1)c1cccc(C(F)(F)F)c1. The minimum Gasteiger partial charge on any atom is -0.355 e. The van der Waals surface area contributed by atoms with Crippen LogP contribution in [0.4, 0.5) is 13.2 Å². The summed E-state index contributed by atoms with van der Waals surface area (Å²) >= 11 is 0. The van der Waals surface area contributed by atoms with E-state index in [9.17, 15) is 22.8 Å². The van der Waals surface area contributed by atoms with Crippen LogP contribution in [0.1, 0.15) is 57.1 Å². The second kappa shape index (κ2) is 7.76. The highest BCUT2D eigenvalue weighted by atomic mass is 19.4. The molecule has 1 aliphatic carbocycles. The molecule has 0 bridgehead atoms. The van der Waals surface area contributed by atoms with Crippen LogP contribution < -0.4 is 5.32 Å². The number of hydrogen-bond acceptors (Lipinski definition) is 2. The summed E-state index contributed by atoms with van der Waals surface area (Å²) in [5.74, 6) is -0.552. The molecule has 28 heavy (non-hydrogen) atoms. The van der Waals surface area contributed by atoms with Crippen LogP contribution >= 0.6 is 0 Å². The second-order valence-electron chi connectivity index (χ2n) is 8.57. The van der Waals surface area contributed by atoms with E-state index in [1.165, 1.54) is 6.07 Å². The fourth-order valence-corrected chi connectivity index (χ4v) is 4.15. The highest BCUT2D eigenvalue weighted by molar-refractivity contribution is 5.89. The lowest BCUT2D eigenvalue weighted by atomic mass is 9.83. The third-order valence-corrected chi connectivity index (χ3v) is 5.97. The van der Waals surface area contributed by atoms with Gasteiger partial charge in [0.05, 0.1) is 11.5 Å². The summed E-state index contributed by atoms with van der Waals surface area (Å²) in [6.45, 7) is 4.25. The molecule has 1 saturated carbocycles. The van der Waals surface area contributed by atoms with Crippen LogP contribution in [0.2, 0.25) is 0 Å². The standard InChI is InChI=1S/C21H27F3N2O2/c1-20(2,15-6-5-7-16(11-15)21(22,23)24)13-25-19(28)14-10-18(27)26(12-14)17-8-3-4-9-17/h5-7,11,14,17H,3-4,8-10,12-13H2,1-2H3,(H,25,28). The number of alkyl halides is 3. The van der Waals surface area contributed by atoms with Crippen LogP contribution in [-0.2, 0) is 21.2 Å². The molecule has 1 aliphatic heterocycles. The molecular formula is C21H27F3N2O2. The van der Waals surface area contributed by atoms with Crippen LogP contribution in [0.3, 0.4) is 0 Å². The molecule has 4 nitrogen and oxygen atoms in total. The molecule has 0 spiro atoms. The van der Waals surface area contributed by atoms with Gasteiger partial charge in [0.1, 0.15) is 0 Å². The summed E-state index contributed by atoms with van der Waals surface area (Å²) in [5.41, 5.74) is -0.847. The van der Waals surface area contributed by atoms with Gasteiger partial charge in [-0.2, -0.15) is 13.2 Å². The maximum absolute atomic E-state index is 13.0. The topological polar surface area (TPSA) is 49.4 Å². The smallest absolute Gasteiger partial charge is 0.355 e. The summed E-state index contributed by atoms with van der Waals surface area (Å²) < 4.78 is 38.9. The Bertz CT molecular complexity index is 739. The van der Waals surface area contributed by atoms with Gasteiger partial charge in [-0.3, -0.25) is 9.59 Å². The molecule has 1 heterocycles. The quantitative estimate of drug-likeness (QED) is 0.821. The van der Waals surface area contributed by atoms with E-state index in [4.69, 9.17) is 0 Å². The van der Waals surface area contributed by atoms with Crippen molar-refractivity contribution in [3.8, 4) is 0 Å². The van der Waals surface area contributed by atoms with Gasteiger partial charge in [-0.15, -0.1) is 0 Å². The average molecular weight is 396 g/mol. The maximum Gasteiger partial charge on any atom is 0.416 e. The molecule has 1 unspecified atom stereocenters. The largest absolute Gasteiger partial charge is 0.416 e. The van der Waals surface area contributed by atoms with Gasteiger partial charge < -0.3 is 10.2 Å². The number of halogens is 3. The van der Waals surface area contributed by atoms with Crippen molar-refractivity contribution in [2.24, 2.45) is 5.92 Å². The zero-order valence-corrected chi connectivity index (χ0v) is 16.3. The van der Waals surface area contributed by atoms with E-state index in [0.29, 0.717) is 12.1 Å². The van der Waals surface area contributed by atoms with E-state index >= 15 is 0 Å². The highest BCUT2D eigenvalue weighted by Gasteiger charge is 2.39. The third-order valence-electron chi connectivity index (χ3n) is 5.97. The van der Waals surface area contributed by atoms with Crippen LogP contribution in [0.5, 0.6) is 0 Å². The van der Waals surface area contributed by atoms with E-state index in [1.54, 1.807) is 19.9 Å². The van der Waals surface area contributed by atoms with Gasteiger partial charge in [0.15, 0.2) is 0 Å². The van der Waals surface area contributed by atoms with Gasteiger partial charge >= 0.3 is 6.18 Å². The lowest BCUT2D eigenvalue weighted by molar-refractivity contribution is -0.137. The predicted molar refractivity (Wildman–Crippen MR) is 99.6 cm³/mol. The first-order chi connectivity index (χ1) is 13.1. The van der Waals surface area contributed by atoms with E-state index in [-0.39, 0.29) is 36.7 Å². The summed E-state index contributed by atoms with van der Waals surface area (Å²) in [4.78, 5) is 26.7. The Kier molecular flexibility index (Phi) is 5.73. The van der Waals surface area contributed by atoms with Gasteiger partial charge in [-0.1, -0.05) is 44.9 Å². The summed E-state index contributed by atoms with van der Waals surface area (Å²) in [6.07, 6.45) is 0.0633. The number of nitrogens with zero attached hydrogens (tertiary/aromatic N) is 1. The van der Waals surface area contributed by atoms with Crippen LogP contribution in [0, 0.1) is 5.92 Å². The first-order valence-electron chi connectivity index (χ1n) is 9.83. The van der Waals surface area contributed by atoms with Crippen molar-refractivity contribution in [2.45, 2.75) is 63.6 Å². The van der Waals surface area contributed by atoms with Crippen LogP contribution in [-0.4, -0.2) is 35.8 Å². The van der Waals surface area contributed by atoms with Crippen LogP contribution in [0.25, 0.3) is 0 Å². The zero-order valence-electron chi connectivity index (χ0n) is 16.3. The highest BCUT2D eigenvalue weighted by Crippen LogP contribution is 2.33. The van der Waals surface area contributed by atoms with E-state index in [0.717, 1.165) is 37.8 Å². The van der Waals surface area contributed by atoms with E-state index in [2.05, 4.69) is 5.32 Å². The summed E-state index contributed by atoms with van der Waals surface area (Å²) in [6, 6.07) is 5.46. The van der Waals surface area contributed by atoms with Crippen molar-refractivity contribution in [3.63, 3.8) is 0 Å². The molecule has 0 radical (unpaired) electrons. The molecule has 1 aromatic carbocycles. The first-order valence-corrected chi connectivity index (χ1v) is 9.83. The number of carbonyl (C=O) groups is 2. The van der Waals surface area contributed by atoms with Gasteiger partial charge in [-0.25, -0.2) is 0 Å². The van der Waals surface area contributed by atoms with E-state index < -0.39 is 17.2 Å². The second-order valence-corrected chi connectivity index (χ2v) is 8.57. The van der Waals surface area contributed by atoms with Crippen molar-refractivity contribution in [1.29, 1.82) is 0 Å².